The minimum absolute atomic E-state index is 0.0203. The maximum absolute atomic E-state index is 14.0. The summed E-state index contributed by atoms with van der Waals surface area (Å²) in [7, 11) is -3.22. The average molecular weight is 582 g/mol. The van der Waals surface area contributed by atoms with Crippen molar-refractivity contribution in [1.82, 2.24) is 4.98 Å². The van der Waals surface area contributed by atoms with Crippen LogP contribution in [0, 0.1) is 18.3 Å². The number of carbonyl (C=O) groups excluding carboxylic acids is 2. The maximum atomic E-state index is 14.0. The summed E-state index contributed by atoms with van der Waals surface area (Å²) in [5, 5.41) is 12.2. The molecule has 1 aliphatic rings. The minimum atomic E-state index is -3.22. The van der Waals surface area contributed by atoms with Gasteiger partial charge in [-0.3, -0.25) is 4.79 Å². The molecule has 0 saturated carbocycles. The molecule has 13 heteroatoms. The molecule has 0 spiro atoms. The Morgan fingerprint density at radius 2 is 1.97 bits per heavy atom. The van der Waals surface area contributed by atoms with Crippen LogP contribution in [0.25, 0.3) is 0 Å². The highest BCUT2D eigenvalue weighted by molar-refractivity contribution is 7.93. The Balaban J connectivity index is 1.98. The molecule has 1 N–H and O–H groups in total. The monoisotopic (exact) mass is 581 g/mol. The van der Waals surface area contributed by atoms with Gasteiger partial charge in [0.05, 0.1) is 20.3 Å². The van der Waals surface area contributed by atoms with Crippen LogP contribution in [-0.4, -0.2) is 52.1 Å². The Bertz CT molecular complexity index is 1460. The van der Waals surface area contributed by atoms with E-state index in [2.05, 4.69) is 14.7 Å². The summed E-state index contributed by atoms with van der Waals surface area (Å²) < 4.78 is 50.1. The first-order valence-electron chi connectivity index (χ1n) is 12.1. The molecule has 2 aromatic rings. The summed E-state index contributed by atoms with van der Waals surface area (Å²) in [6, 6.07) is 7.88. The molecule has 2 amide bonds. The third kappa shape index (κ3) is 7.64. The lowest BCUT2D eigenvalue weighted by Gasteiger charge is -2.25. The van der Waals surface area contributed by atoms with Crippen molar-refractivity contribution in [2.45, 2.75) is 63.4 Å². The van der Waals surface area contributed by atoms with Crippen molar-refractivity contribution in [2.75, 3.05) is 29.6 Å². The number of nitriles is 1. The lowest BCUT2D eigenvalue weighted by molar-refractivity contribution is -0.0102. The molecule has 1 aromatic heterocycles. The van der Waals surface area contributed by atoms with Crippen molar-refractivity contribution in [2.24, 2.45) is 4.36 Å². The first kappa shape index (κ1) is 30.2. The largest absolute Gasteiger partial charge is 0.442 e. The number of anilines is 2. The van der Waals surface area contributed by atoms with E-state index in [9.17, 15) is 27.8 Å². The minimum Gasteiger partial charge on any atom is -0.442 e. The molecule has 1 fully saturated rings. The molecule has 1 saturated heterocycles. The average Bonchev–Trinajstić information content (AvgIpc) is 2.99. The number of halogens is 3. The van der Waals surface area contributed by atoms with E-state index in [1.54, 1.807) is 38.7 Å². The lowest BCUT2D eigenvalue weighted by Crippen LogP contribution is -2.30. The lowest BCUT2D eigenvalue weighted by atomic mass is 10.1. The van der Waals surface area contributed by atoms with Crippen LogP contribution in [0.3, 0.4) is 0 Å². The molecule has 9 nitrogen and oxygen atoms in total. The summed E-state index contributed by atoms with van der Waals surface area (Å²) in [6.07, 6.45) is -0.244. The number of nitrogens with one attached hydrogen (secondary N) is 1. The van der Waals surface area contributed by atoms with Crippen molar-refractivity contribution >= 4 is 44.8 Å². The quantitative estimate of drug-likeness (QED) is 0.456. The van der Waals surface area contributed by atoms with Gasteiger partial charge in [-0.15, -0.1) is 4.36 Å². The number of nitrogens with zero attached hydrogens (tertiary/aromatic N) is 4. The summed E-state index contributed by atoms with van der Waals surface area (Å²) in [6.45, 7) is 6.67. The molecular weight excluding hydrogens is 552 g/mol. The highest BCUT2D eigenvalue weighted by Gasteiger charge is 2.34. The molecular formula is C26H30ClF2N5O4S. The fourth-order valence-corrected chi connectivity index (χ4v) is 5.28. The van der Waals surface area contributed by atoms with Gasteiger partial charge in [0.15, 0.2) is 5.69 Å². The number of hydrogen-bond acceptors (Lipinski definition) is 7. The summed E-state index contributed by atoms with van der Waals surface area (Å²) in [5.41, 5.74) is -0.401. The van der Waals surface area contributed by atoms with Crippen molar-refractivity contribution in [3.8, 4) is 6.07 Å². The Hall–Kier alpha value is -3.30. The molecule has 3 rings (SSSR count). The molecule has 1 atom stereocenters. The topological polar surface area (TPSA) is 125 Å². The Kier molecular flexibility index (Phi) is 8.87. The van der Waals surface area contributed by atoms with Gasteiger partial charge in [0.1, 0.15) is 17.5 Å². The number of benzene rings is 1. The third-order valence-corrected chi connectivity index (χ3v) is 7.96. The third-order valence-electron chi connectivity index (χ3n) is 5.88. The van der Waals surface area contributed by atoms with E-state index in [4.69, 9.17) is 16.3 Å². The SMILES string of the molecule is Cc1c(Cl)c(C#N)nc(N2CCCC(F)(F)CC2)c1C(=O)Nc1cccc([S@@](C)(=O)=NC(=O)OC(C)(C)C)c1. The second-order valence-electron chi connectivity index (χ2n) is 10.3. The molecule has 0 aliphatic carbocycles. The second kappa shape index (κ2) is 11.4. The van der Waals surface area contributed by atoms with E-state index in [0.29, 0.717) is 0 Å². The van der Waals surface area contributed by atoms with Gasteiger partial charge in [-0.05, 0) is 57.9 Å². The van der Waals surface area contributed by atoms with Gasteiger partial charge < -0.3 is 15.0 Å². The molecule has 2 heterocycles. The van der Waals surface area contributed by atoms with E-state index in [0.717, 1.165) is 0 Å². The van der Waals surface area contributed by atoms with Crippen molar-refractivity contribution in [3.05, 3.63) is 46.1 Å². The van der Waals surface area contributed by atoms with Crippen LogP contribution in [0.4, 0.5) is 25.1 Å². The molecule has 1 aromatic carbocycles. The predicted octanol–water partition coefficient (Wildman–Crippen LogP) is 6.18. The van der Waals surface area contributed by atoms with Crippen LogP contribution in [0.5, 0.6) is 0 Å². The fourth-order valence-electron chi connectivity index (χ4n) is 3.99. The fraction of sp³-hybridized carbons (Fsp3) is 0.462. The number of amides is 2. The number of pyridine rings is 1. The van der Waals surface area contributed by atoms with Gasteiger partial charge in [0.2, 0.25) is 5.92 Å². The Labute approximate surface area is 231 Å². The van der Waals surface area contributed by atoms with Gasteiger partial charge in [-0.2, -0.15) is 5.26 Å². The molecule has 1 aliphatic heterocycles. The van der Waals surface area contributed by atoms with Crippen LogP contribution in [-0.2, 0) is 14.5 Å². The highest BCUT2D eigenvalue weighted by Crippen LogP contribution is 2.34. The van der Waals surface area contributed by atoms with Crippen LogP contribution in [0.2, 0.25) is 5.02 Å². The predicted molar refractivity (Wildman–Crippen MR) is 145 cm³/mol. The number of ether oxygens (including phenoxy) is 1. The number of hydrogen-bond donors (Lipinski definition) is 1. The first-order chi connectivity index (χ1) is 18.0. The number of alkyl halides is 2. The highest BCUT2D eigenvalue weighted by atomic mass is 35.5. The Morgan fingerprint density at radius 1 is 1.28 bits per heavy atom. The number of rotatable bonds is 4. The summed E-state index contributed by atoms with van der Waals surface area (Å²) in [5.74, 6) is -3.41. The van der Waals surface area contributed by atoms with Gasteiger partial charge in [-0.25, -0.2) is 22.8 Å². The van der Waals surface area contributed by atoms with Crippen molar-refractivity contribution < 1.29 is 27.3 Å². The van der Waals surface area contributed by atoms with E-state index in [-0.39, 0.29) is 64.2 Å². The van der Waals surface area contributed by atoms with E-state index in [1.165, 1.54) is 24.5 Å². The molecule has 210 valence electrons. The molecule has 0 radical (unpaired) electrons. The van der Waals surface area contributed by atoms with Gasteiger partial charge in [-0.1, -0.05) is 17.7 Å². The number of aromatic nitrogens is 1. The van der Waals surface area contributed by atoms with Gasteiger partial charge >= 0.3 is 6.09 Å². The standard InChI is InChI=1S/C26H30ClF2N5O4S/c1-16-20(22(32-19(15-30)21(16)27)34-12-7-10-26(28,29)11-13-34)23(35)31-17-8-6-9-18(14-17)39(5,37)33-24(36)38-25(2,3)4/h6,8-9,14H,7,10-13H2,1-5H3,(H,31,35)/t39-/m1/s1. The van der Waals surface area contributed by atoms with Crippen LogP contribution in [0.1, 0.15) is 61.6 Å². The van der Waals surface area contributed by atoms with Crippen LogP contribution >= 0.6 is 11.6 Å². The first-order valence-corrected chi connectivity index (χ1v) is 14.4. The second-order valence-corrected chi connectivity index (χ2v) is 12.9. The zero-order chi connectivity index (χ0) is 29.2. The van der Waals surface area contributed by atoms with Gasteiger partial charge in [0.25, 0.3) is 5.91 Å². The molecule has 0 bridgehead atoms. The maximum Gasteiger partial charge on any atom is 0.442 e. The van der Waals surface area contributed by atoms with Crippen LogP contribution < -0.4 is 10.2 Å². The van der Waals surface area contributed by atoms with E-state index >= 15 is 0 Å². The van der Waals surface area contributed by atoms with Crippen LogP contribution in [0.15, 0.2) is 33.5 Å². The Morgan fingerprint density at radius 3 is 2.62 bits per heavy atom. The molecule has 0 unspecified atom stereocenters. The zero-order valence-electron chi connectivity index (χ0n) is 22.3. The zero-order valence-corrected chi connectivity index (χ0v) is 23.9. The summed E-state index contributed by atoms with van der Waals surface area (Å²) in [4.78, 5) is 31.7. The van der Waals surface area contributed by atoms with E-state index < -0.39 is 39.7 Å². The number of carbonyl (C=O) groups is 2. The molecule has 39 heavy (non-hydrogen) atoms. The normalized spacial score (nSPS) is 16.8. The van der Waals surface area contributed by atoms with Gasteiger partial charge in [0, 0.05) is 42.8 Å². The van der Waals surface area contributed by atoms with E-state index in [1.807, 2.05) is 6.07 Å². The van der Waals surface area contributed by atoms with Crippen molar-refractivity contribution in [3.63, 3.8) is 0 Å². The smallest absolute Gasteiger partial charge is 0.442 e. The van der Waals surface area contributed by atoms with Crippen molar-refractivity contribution in [1.29, 1.82) is 5.26 Å². The summed E-state index contributed by atoms with van der Waals surface area (Å²) >= 11 is 6.32.